The third-order valence-corrected chi connectivity index (χ3v) is 13.0. The number of rotatable bonds is 5. The van der Waals surface area contributed by atoms with E-state index in [-0.39, 0.29) is 0 Å². The fraction of sp³-hybridized carbons (Fsp3) is 0. The van der Waals surface area contributed by atoms with Crippen molar-refractivity contribution in [3.63, 3.8) is 0 Å². The number of hydrogen-bond donors (Lipinski definition) is 0. The molecule has 9 aromatic carbocycles. The first-order chi connectivity index (χ1) is 28.3. The summed E-state index contributed by atoms with van der Waals surface area (Å²) in [4.78, 5) is 0. The Hall–Kier alpha value is -7.20. The molecule has 2 nitrogen and oxygen atoms in total. The van der Waals surface area contributed by atoms with Gasteiger partial charge in [0.25, 0.3) is 0 Å². The lowest BCUT2D eigenvalue weighted by Crippen LogP contribution is -1.94. The van der Waals surface area contributed by atoms with Crippen LogP contribution in [-0.4, -0.2) is 9.13 Å². The van der Waals surface area contributed by atoms with Crippen LogP contribution in [0, 0.1) is 0 Å². The molecule has 0 aliphatic rings. The highest BCUT2D eigenvalue weighted by molar-refractivity contribution is 7.26. The molecule has 3 heterocycles. The highest BCUT2D eigenvalue weighted by Crippen LogP contribution is 2.42. The zero-order valence-electron chi connectivity index (χ0n) is 30.9. The molecular formula is C54H34N2S. The van der Waals surface area contributed by atoms with E-state index >= 15 is 0 Å². The van der Waals surface area contributed by atoms with Crippen molar-refractivity contribution in [2.24, 2.45) is 0 Å². The van der Waals surface area contributed by atoms with Crippen LogP contribution in [0.4, 0.5) is 0 Å². The maximum Gasteiger partial charge on any atom is 0.0541 e. The Kier molecular flexibility index (Phi) is 7.13. The van der Waals surface area contributed by atoms with E-state index in [2.05, 4.69) is 215 Å². The molecule has 3 heteroatoms. The van der Waals surface area contributed by atoms with Crippen LogP contribution in [0.25, 0.3) is 109 Å². The molecule has 0 amide bonds. The molecule has 266 valence electrons. The summed E-state index contributed by atoms with van der Waals surface area (Å²) >= 11 is 1.88. The fourth-order valence-electron chi connectivity index (χ4n) is 9.08. The second kappa shape index (κ2) is 12.7. The maximum atomic E-state index is 2.43. The van der Waals surface area contributed by atoms with Gasteiger partial charge in [0, 0.05) is 53.1 Å². The molecule has 0 saturated heterocycles. The minimum Gasteiger partial charge on any atom is -0.309 e. The van der Waals surface area contributed by atoms with Crippen molar-refractivity contribution in [3.05, 3.63) is 206 Å². The van der Waals surface area contributed by atoms with Gasteiger partial charge in [-0.15, -0.1) is 11.3 Å². The molecule has 0 fully saturated rings. The Bertz CT molecular complexity index is 3510. The van der Waals surface area contributed by atoms with Crippen molar-refractivity contribution in [2.75, 3.05) is 0 Å². The first-order valence-electron chi connectivity index (χ1n) is 19.5. The standard InChI is InChI=1S/C54H34N2S/c1-2-12-35(13-3-1)36-24-28-40(29-25-36)55-49-21-7-4-16-43(49)47-33-37(26-30-51(47)55)38-27-31-52-48(34-38)44-17-5-8-22-50(44)56(52)41-15-10-14-39(32-41)42-19-11-20-46-45-18-6-9-23-53(45)57-54(42)46/h1-34H. The van der Waals surface area contributed by atoms with Crippen molar-refractivity contribution in [1.82, 2.24) is 9.13 Å². The average Bonchev–Trinajstić information content (AvgIpc) is 3.94. The number of hydrogen-bond acceptors (Lipinski definition) is 1. The van der Waals surface area contributed by atoms with Gasteiger partial charge in [-0.05, 0) is 100 Å². The van der Waals surface area contributed by atoms with Crippen LogP contribution in [0.2, 0.25) is 0 Å². The molecule has 0 atom stereocenters. The van der Waals surface area contributed by atoms with Crippen LogP contribution in [0.3, 0.4) is 0 Å². The molecule has 57 heavy (non-hydrogen) atoms. The van der Waals surface area contributed by atoms with Crippen LogP contribution >= 0.6 is 11.3 Å². The molecule has 12 aromatic rings. The summed E-state index contributed by atoms with van der Waals surface area (Å²) in [5.74, 6) is 0. The van der Waals surface area contributed by atoms with E-state index in [9.17, 15) is 0 Å². The van der Waals surface area contributed by atoms with Crippen LogP contribution in [0.15, 0.2) is 206 Å². The van der Waals surface area contributed by atoms with Crippen LogP contribution in [0.5, 0.6) is 0 Å². The summed E-state index contributed by atoms with van der Waals surface area (Å²) in [6.45, 7) is 0. The van der Waals surface area contributed by atoms with Crippen molar-refractivity contribution in [3.8, 4) is 44.8 Å². The van der Waals surface area contributed by atoms with Crippen LogP contribution < -0.4 is 0 Å². The van der Waals surface area contributed by atoms with Gasteiger partial charge < -0.3 is 9.13 Å². The van der Waals surface area contributed by atoms with Gasteiger partial charge in [-0.25, -0.2) is 0 Å². The number of fused-ring (bicyclic) bond motifs is 9. The zero-order chi connectivity index (χ0) is 37.5. The lowest BCUT2D eigenvalue weighted by molar-refractivity contribution is 1.18. The topological polar surface area (TPSA) is 9.86 Å². The van der Waals surface area contributed by atoms with Gasteiger partial charge in [0.15, 0.2) is 0 Å². The summed E-state index contributed by atoms with van der Waals surface area (Å²) in [7, 11) is 0. The first-order valence-corrected chi connectivity index (χ1v) is 20.3. The summed E-state index contributed by atoms with van der Waals surface area (Å²) in [6.07, 6.45) is 0. The molecule has 0 aliphatic carbocycles. The lowest BCUT2D eigenvalue weighted by Gasteiger charge is -2.11. The lowest BCUT2D eigenvalue weighted by atomic mass is 10.0. The monoisotopic (exact) mass is 742 g/mol. The molecule has 0 spiro atoms. The Labute approximate surface area is 333 Å². The summed E-state index contributed by atoms with van der Waals surface area (Å²) in [5, 5.41) is 7.66. The van der Waals surface area contributed by atoms with Crippen molar-refractivity contribution >= 4 is 75.1 Å². The van der Waals surface area contributed by atoms with E-state index in [1.54, 1.807) is 0 Å². The van der Waals surface area contributed by atoms with E-state index in [4.69, 9.17) is 0 Å². The Morgan fingerprint density at radius 2 is 0.789 bits per heavy atom. The van der Waals surface area contributed by atoms with Gasteiger partial charge in [0.1, 0.15) is 0 Å². The van der Waals surface area contributed by atoms with E-state index in [1.807, 2.05) is 11.3 Å². The van der Waals surface area contributed by atoms with E-state index in [1.165, 1.54) is 97.2 Å². The third-order valence-electron chi connectivity index (χ3n) is 11.7. The fourth-order valence-corrected chi connectivity index (χ4v) is 10.3. The summed E-state index contributed by atoms with van der Waals surface area (Å²) in [6, 6.07) is 75.6. The molecule has 3 aromatic heterocycles. The van der Waals surface area contributed by atoms with Gasteiger partial charge in [-0.1, -0.05) is 140 Å². The molecule has 0 bridgehead atoms. The molecular weight excluding hydrogens is 709 g/mol. The first kappa shape index (κ1) is 32.1. The zero-order valence-corrected chi connectivity index (χ0v) is 31.7. The number of nitrogens with zero attached hydrogens (tertiary/aromatic N) is 2. The van der Waals surface area contributed by atoms with Crippen molar-refractivity contribution in [2.45, 2.75) is 0 Å². The van der Waals surface area contributed by atoms with Gasteiger partial charge in [-0.2, -0.15) is 0 Å². The molecule has 0 unspecified atom stereocenters. The van der Waals surface area contributed by atoms with E-state index in [0.717, 1.165) is 11.4 Å². The van der Waals surface area contributed by atoms with Gasteiger partial charge in [0.2, 0.25) is 0 Å². The number of benzene rings is 9. The minimum atomic E-state index is 1.16. The Morgan fingerprint density at radius 3 is 1.49 bits per heavy atom. The predicted octanol–water partition coefficient (Wildman–Crippen LogP) is 15.2. The molecule has 0 aliphatic heterocycles. The number of thiophene rings is 1. The van der Waals surface area contributed by atoms with Crippen LogP contribution in [-0.2, 0) is 0 Å². The molecule has 0 radical (unpaired) electrons. The SMILES string of the molecule is c1ccc(-c2ccc(-n3c4ccccc4c4cc(-c5ccc6c(c5)c5ccccc5n6-c5cccc(-c6cccc7c6sc6ccccc67)c5)ccc43)cc2)cc1. The quantitative estimate of drug-likeness (QED) is 0.166. The third kappa shape index (κ3) is 5.03. The van der Waals surface area contributed by atoms with Gasteiger partial charge in [-0.3, -0.25) is 0 Å². The van der Waals surface area contributed by atoms with E-state index in [0.29, 0.717) is 0 Å². The summed E-state index contributed by atoms with van der Waals surface area (Å²) in [5.41, 5.74) is 14.5. The second-order valence-corrected chi connectivity index (χ2v) is 16.0. The van der Waals surface area contributed by atoms with Gasteiger partial charge in [0.05, 0.1) is 22.1 Å². The smallest absolute Gasteiger partial charge is 0.0541 e. The Morgan fingerprint density at radius 1 is 0.281 bits per heavy atom. The largest absolute Gasteiger partial charge is 0.309 e. The van der Waals surface area contributed by atoms with Crippen molar-refractivity contribution in [1.29, 1.82) is 0 Å². The summed E-state index contributed by atoms with van der Waals surface area (Å²) < 4.78 is 7.50. The number of para-hydroxylation sites is 2. The predicted molar refractivity (Wildman–Crippen MR) is 244 cm³/mol. The normalized spacial score (nSPS) is 11.9. The molecule has 12 rings (SSSR count). The highest BCUT2D eigenvalue weighted by Gasteiger charge is 2.17. The highest BCUT2D eigenvalue weighted by atomic mass is 32.1. The molecule has 0 N–H and O–H groups in total. The maximum absolute atomic E-state index is 2.43. The second-order valence-electron chi connectivity index (χ2n) is 14.9. The van der Waals surface area contributed by atoms with Crippen molar-refractivity contribution < 1.29 is 0 Å². The van der Waals surface area contributed by atoms with Crippen LogP contribution in [0.1, 0.15) is 0 Å². The van der Waals surface area contributed by atoms with Gasteiger partial charge >= 0.3 is 0 Å². The van der Waals surface area contributed by atoms with E-state index < -0.39 is 0 Å². The minimum absolute atomic E-state index is 1.16. The Balaban J connectivity index is 0.975. The molecule has 0 saturated carbocycles. The number of aromatic nitrogens is 2. The average molecular weight is 743 g/mol.